The maximum absolute atomic E-state index is 13.6. The summed E-state index contributed by atoms with van der Waals surface area (Å²) >= 11 is 0. The predicted molar refractivity (Wildman–Crippen MR) is 62.5 cm³/mol. The van der Waals surface area contributed by atoms with Crippen LogP contribution in [0.5, 0.6) is 0 Å². The Hall–Kier alpha value is -2.11. The number of rotatable bonds is 4. The lowest BCUT2D eigenvalue weighted by atomic mass is 10.1. The number of carboxylic acid groups (broad SMARTS) is 1. The van der Waals surface area contributed by atoms with E-state index >= 15 is 0 Å². The van der Waals surface area contributed by atoms with E-state index in [-0.39, 0.29) is 17.3 Å². The highest BCUT2D eigenvalue weighted by Gasteiger charge is 2.35. The van der Waals surface area contributed by atoms with Gasteiger partial charge >= 0.3 is 5.97 Å². The molecule has 6 heteroatoms. The van der Waals surface area contributed by atoms with Crippen LogP contribution in [0.4, 0.5) is 10.1 Å². The molecule has 0 heterocycles. The Kier molecular flexibility index (Phi) is 3.18. The molecule has 1 amide bonds. The van der Waals surface area contributed by atoms with Crippen LogP contribution in [0, 0.1) is 5.82 Å². The molecule has 1 aliphatic rings. The summed E-state index contributed by atoms with van der Waals surface area (Å²) in [5.74, 6) is -2.43. The third-order valence-electron chi connectivity index (χ3n) is 2.78. The minimum atomic E-state index is -1.11. The Bertz CT molecular complexity index is 500. The van der Waals surface area contributed by atoms with E-state index in [1.165, 1.54) is 17.0 Å². The molecule has 96 valence electrons. The van der Waals surface area contributed by atoms with Crippen molar-refractivity contribution in [3.05, 3.63) is 29.6 Å². The third-order valence-corrected chi connectivity index (χ3v) is 2.78. The van der Waals surface area contributed by atoms with Crippen molar-refractivity contribution in [2.24, 2.45) is 0 Å². The molecule has 0 saturated heterocycles. The van der Waals surface area contributed by atoms with Gasteiger partial charge in [0, 0.05) is 11.7 Å². The lowest BCUT2D eigenvalue weighted by Gasteiger charge is -2.20. The van der Waals surface area contributed by atoms with Gasteiger partial charge < -0.3 is 15.7 Å². The second-order valence-corrected chi connectivity index (χ2v) is 4.30. The van der Waals surface area contributed by atoms with Gasteiger partial charge in [-0.3, -0.25) is 9.59 Å². The van der Waals surface area contributed by atoms with E-state index in [1.54, 1.807) is 0 Å². The van der Waals surface area contributed by atoms with E-state index in [4.69, 9.17) is 10.8 Å². The summed E-state index contributed by atoms with van der Waals surface area (Å²) in [6, 6.07) is 3.66. The molecular weight excluding hydrogens is 239 g/mol. The first-order valence-electron chi connectivity index (χ1n) is 5.57. The zero-order chi connectivity index (χ0) is 13.3. The zero-order valence-electron chi connectivity index (χ0n) is 9.60. The van der Waals surface area contributed by atoms with Gasteiger partial charge in [-0.05, 0) is 31.0 Å². The summed E-state index contributed by atoms with van der Waals surface area (Å²) in [7, 11) is 0. The Morgan fingerprint density at radius 3 is 2.61 bits per heavy atom. The van der Waals surface area contributed by atoms with E-state index in [0.717, 1.165) is 18.9 Å². The highest BCUT2D eigenvalue weighted by Crippen LogP contribution is 2.28. The number of benzene rings is 1. The van der Waals surface area contributed by atoms with Crippen molar-refractivity contribution in [2.75, 3.05) is 12.3 Å². The number of carbonyl (C=O) groups is 2. The van der Waals surface area contributed by atoms with E-state index in [2.05, 4.69) is 0 Å². The van der Waals surface area contributed by atoms with Gasteiger partial charge in [0.15, 0.2) is 0 Å². The van der Waals surface area contributed by atoms with Crippen molar-refractivity contribution in [3.8, 4) is 0 Å². The van der Waals surface area contributed by atoms with Gasteiger partial charge in [-0.2, -0.15) is 0 Å². The molecule has 0 aromatic heterocycles. The van der Waals surface area contributed by atoms with Crippen molar-refractivity contribution >= 4 is 17.6 Å². The van der Waals surface area contributed by atoms with Crippen LogP contribution in [-0.4, -0.2) is 34.5 Å². The second-order valence-electron chi connectivity index (χ2n) is 4.30. The lowest BCUT2D eigenvalue weighted by molar-refractivity contribution is -0.137. The highest BCUT2D eigenvalue weighted by molar-refractivity contribution is 5.96. The summed E-state index contributed by atoms with van der Waals surface area (Å²) in [6.45, 7) is -0.409. The van der Waals surface area contributed by atoms with Gasteiger partial charge in [0.25, 0.3) is 5.91 Å². The van der Waals surface area contributed by atoms with Crippen LogP contribution in [0.1, 0.15) is 23.2 Å². The summed E-state index contributed by atoms with van der Waals surface area (Å²) in [5, 5.41) is 8.76. The van der Waals surface area contributed by atoms with Crippen LogP contribution < -0.4 is 5.73 Å². The summed E-state index contributed by atoms with van der Waals surface area (Å²) in [5.41, 5.74) is 5.48. The molecule has 18 heavy (non-hydrogen) atoms. The number of hydrogen-bond acceptors (Lipinski definition) is 3. The number of nitrogen functional groups attached to an aromatic ring is 1. The largest absolute Gasteiger partial charge is 0.480 e. The average Bonchev–Trinajstić information content (AvgIpc) is 3.08. The summed E-state index contributed by atoms with van der Waals surface area (Å²) < 4.78 is 13.6. The average molecular weight is 252 g/mol. The van der Waals surface area contributed by atoms with Crippen LogP contribution >= 0.6 is 0 Å². The van der Waals surface area contributed by atoms with Gasteiger partial charge in [0.2, 0.25) is 0 Å². The first kappa shape index (κ1) is 12.3. The number of carbonyl (C=O) groups excluding carboxylic acids is 1. The zero-order valence-corrected chi connectivity index (χ0v) is 9.60. The monoisotopic (exact) mass is 252 g/mol. The first-order chi connectivity index (χ1) is 8.49. The topological polar surface area (TPSA) is 83.6 Å². The van der Waals surface area contributed by atoms with Crippen molar-refractivity contribution < 1.29 is 19.1 Å². The van der Waals surface area contributed by atoms with Gasteiger partial charge in [0.05, 0.1) is 5.56 Å². The molecule has 1 aromatic carbocycles. The van der Waals surface area contributed by atoms with E-state index in [1.807, 2.05) is 0 Å². The maximum atomic E-state index is 13.6. The highest BCUT2D eigenvalue weighted by atomic mass is 19.1. The molecule has 1 saturated carbocycles. The standard InChI is InChI=1S/C12H13FN2O3/c13-10-5-7(14)1-4-9(10)12(18)15(6-11(16)17)8-2-3-8/h1,4-5,8H,2-3,6,14H2,(H,16,17). The Morgan fingerprint density at radius 1 is 1.44 bits per heavy atom. The number of carboxylic acids is 1. The van der Waals surface area contributed by atoms with Gasteiger partial charge in [-0.25, -0.2) is 4.39 Å². The number of halogens is 1. The molecule has 0 spiro atoms. The molecular formula is C12H13FN2O3. The molecule has 0 aliphatic heterocycles. The van der Waals surface area contributed by atoms with E-state index < -0.39 is 24.2 Å². The SMILES string of the molecule is Nc1ccc(C(=O)N(CC(=O)O)C2CC2)c(F)c1. The number of aliphatic carboxylic acids is 1. The van der Waals surface area contributed by atoms with Crippen LogP contribution in [-0.2, 0) is 4.79 Å². The Morgan fingerprint density at radius 2 is 2.11 bits per heavy atom. The quantitative estimate of drug-likeness (QED) is 0.786. The van der Waals surface area contributed by atoms with E-state index in [0.29, 0.717) is 0 Å². The molecule has 1 aliphatic carbocycles. The normalized spacial score (nSPS) is 14.3. The van der Waals surface area contributed by atoms with E-state index in [9.17, 15) is 14.0 Å². The van der Waals surface area contributed by atoms with Crippen molar-refractivity contribution in [3.63, 3.8) is 0 Å². The summed E-state index contributed by atoms with van der Waals surface area (Å²) in [6.07, 6.45) is 1.52. The Labute approximate surface area is 103 Å². The van der Waals surface area contributed by atoms with Crippen molar-refractivity contribution in [1.29, 1.82) is 0 Å². The van der Waals surface area contributed by atoms with Crippen molar-refractivity contribution in [2.45, 2.75) is 18.9 Å². The van der Waals surface area contributed by atoms with Crippen LogP contribution in [0.3, 0.4) is 0 Å². The molecule has 1 aromatic rings. The summed E-state index contributed by atoms with van der Waals surface area (Å²) in [4.78, 5) is 24.0. The molecule has 0 atom stereocenters. The maximum Gasteiger partial charge on any atom is 0.323 e. The van der Waals surface area contributed by atoms with Gasteiger partial charge in [-0.1, -0.05) is 0 Å². The molecule has 3 N–H and O–H groups in total. The number of nitrogens with two attached hydrogens (primary N) is 1. The lowest BCUT2D eigenvalue weighted by Crippen LogP contribution is -2.37. The fraction of sp³-hybridized carbons (Fsp3) is 0.333. The van der Waals surface area contributed by atoms with Crippen molar-refractivity contribution in [1.82, 2.24) is 4.90 Å². The number of hydrogen-bond donors (Lipinski definition) is 2. The molecule has 0 unspecified atom stereocenters. The number of nitrogens with zero attached hydrogens (tertiary/aromatic N) is 1. The Balaban J connectivity index is 2.24. The first-order valence-corrected chi connectivity index (χ1v) is 5.57. The fourth-order valence-corrected chi connectivity index (χ4v) is 1.76. The van der Waals surface area contributed by atoms with Gasteiger partial charge in [0.1, 0.15) is 12.4 Å². The van der Waals surface area contributed by atoms with Crippen LogP contribution in [0.15, 0.2) is 18.2 Å². The fourth-order valence-electron chi connectivity index (χ4n) is 1.76. The number of amides is 1. The second kappa shape index (κ2) is 4.64. The van der Waals surface area contributed by atoms with Crippen LogP contribution in [0.2, 0.25) is 0 Å². The third kappa shape index (κ3) is 2.58. The molecule has 2 rings (SSSR count). The molecule has 1 fully saturated rings. The molecule has 0 radical (unpaired) electrons. The predicted octanol–water partition coefficient (Wildman–Crippen LogP) is 1.10. The molecule has 0 bridgehead atoms. The minimum absolute atomic E-state index is 0.0921. The van der Waals surface area contributed by atoms with Crippen LogP contribution in [0.25, 0.3) is 0 Å². The molecule has 5 nitrogen and oxygen atoms in total. The number of anilines is 1. The van der Waals surface area contributed by atoms with Gasteiger partial charge in [-0.15, -0.1) is 0 Å². The minimum Gasteiger partial charge on any atom is -0.480 e. The smallest absolute Gasteiger partial charge is 0.323 e.